The van der Waals surface area contributed by atoms with Gasteiger partial charge in [0.15, 0.2) is 5.05 Å². The predicted octanol–water partition coefficient (Wildman–Crippen LogP) is -0.139. The normalized spacial score (nSPS) is 10.1. The lowest BCUT2D eigenvalue weighted by molar-refractivity contribution is 0.0200. The summed E-state index contributed by atoms with van der Waals surface area (Å²) in [5.41, 5.74) is -0.708. The highest BCUT2D eigenvalue weighted by Crippen LogP contribution is 2.10. The minimum absolute atomic E-state index is 0.000000000000000222. The van der Waals surface area contributed by atoms with E-state index >= 15 is 0 Å². The molecular formula is C7H16O4S. The van der Waals surface area contributed by atoms with Crippen LogP contribution in [0.4, 0.5) is 0 Å². The molecule has 0 amide bonds. The lowest BCUT2D eigenvalue weighted by atomic mass is 9.95. The highest BCUT2D eigenvalue weighted by molar-refractivity contribution is 7.79. The summed E-state index contributed by atoms with van der Waals surface area (Å²) in [6.45, 7) is 2.52. The maximum Gasteiger partial charge on any atom is 0.153 e. The first-order valence-electron chi connectivity index (χ1n) is 3.44. The SMILES string of the molecule is CC(CO)(CO)CO.CC(O)=S. The van der Waals surface area contributed by atoms with E-state index in [2.05, 4.69) is 12.2 Å². The molecule has 0 fully saturated rings. The summed E-state index contributed by atoms with van der Waals surface area (Å²) < 4.78 is 0. The van der Waals surface area contributed by atoms with Gasteiger partial charge in [-0.15, -0.1) is 0 Å². The Morgan fingerprint density at radius 3 is 1.33 bits per heavy atom. The van der Waals surface area contributed by atoms with Crippen LogP contribution in [0.15, 0.2) is 0 Å². The van der Waals surface area contributed by atoms with Gasteiger partial charge in [0.05, 0.1) is 19.8 Å². The third-order valence-electron chi connectivity index (χ3n) is 1.15. The largest absolute Gasteiger partial charge is 0.502 e. The van der Waals surface area contributed by atoms with Crippen LogP contribution in [0.3, 0.4) is 0 Å². The zero-order valence-electron chi connectivity index (χ0n) is 7.32. The van der Waals surface area contributed by atoms with Crippen LogP contribution in [0.2, 0.25) is 0 Å². The van der Waals surface area contributed by atoms with Crippen LogP contribution in [0.5, 0.6) is 0 Å². The lowest BCUT2D eigenvalue weighted by Crippen LogP contribution is -2.29. The number of hydrogen-bond acceptors (Lipinski definition) is 4. The summed E-state index contributed by atoms with van der Waals surface area (Å²) in [6.07, 6.45) is 0. The van der Waals surface area contributed by atoms with Crippen LogP contribution in [0.1, 0.15) is 13.8 Å². The molecule has 0 aromatic carbocycles. The van der Waals surface area contributed by atoms with E-state index in [0.29, 0.717) is 0 Å². The fourth-order valence-corrected chi connectivity index (χ4v) is 0.150. The molecule has 4 N–H and O–H groups in total. The van der Waals surface area contributed by atoms with Gasteiger partial charge in [0, 0.05) is 12.3 Å². The van der Waals surface area contributed by atoms with E-state index in [1.54, 1.807) is 6.92 Å². The van der Waals surface area contributed by atoms with Crippen molar-refractivity contribution in [3.8, 4) is 0 Å². The Morgan fingerprint density at radius 1 is 1.17 bits per heavy atom. The molecule has 0 aliphatic heterocycles. The second kappa shape index (κ2) is 7.42. The van der Waals surface area contributed by atoms with Gasteiger partial charge in [0.2, 0.25) is 0 Å². The number of aliphatic hydroxyl groups is 4. The van der Waals surface area contributed by atoms with Crippen LogP contribution in [0.25, 0.3) is 0 Å². The molecule has 0 bridgehead atoms. The molecule has 4 nitrogen and oxygen atoms in total. The van der Waals surface area contributed by atoms with Gasteiger partial charge in [-0.25, -0.2) is 0 Å². The third-order valence-corrected chi connectivity index (χ3v) is 1.15. The minimum Gasteiger partial charge on any atom is -0.502 e. The molecular weight excluding hydrogens is 180 g/mol. The molecule has 0 rings (SSSR count). The summed E-state index contributed by atoms with van der Waals surface area (Å²) in [6, 6.07) is 0. The maximum atomic E-state index is 8.47. The summed E-state index contributed by atoms with van der Waals surface area (Å²) in [5.74, 6) is 0. The van der Waals surface area contributed by atoms with Gasteiger partial charge in [-0.05, 0) is 12.2 Å². The molecule has 0 aliphatic carbocycles. The molecule has 0 aromatic rings. The molecule has 0 spiro atoms. The number of thiocarbonyl (C=S) groups is 1. The molecule has 0 heterocycles. The van der Waals surface area contributed by atoms with Crippen molar-refractivity contribution in [2.45, 2.75) is 13.8 Å². The van der Waals surface area contributed by atoms with Crippen molar-refractivity contribution < 1.29 is 20.4 Å². The van der Waals surface area contributed by atoms with E-state index in [1.165, 1.54) is 6.92 Å². The molecule has 0 saturated heterocycles. The van der Waals surface area contributed by atoms with E-state index in [1.807, 2.05) is 0 Å². The Labute approximate surface area is 77.5 Å². The average Bonchev–Trinajstić information content (AvgIpc) is 2.02. The second-order valence-electron chi connectivity index (χ2n) is 2.80. The van der Waals surface area contributed by atoms with Gasteiger partial charge in [0.1, 0.15) is 0 Å². The zero-order valence-corrected chi connectivity index (χ0v) is 8.13. The molecule has 5 heteroatoms. The first kappa shape index (κ1) is 14.3. The maximum absolute atomic E-state index is 8.47. The molecule has 0 unspecified atom stereocenters. The van der Waals surface area contributed by atoms with Crippen molar-refractivity contribution in [2.24, 2.45) is 5.41 Å². The second-order valence-corrected chi connectivity index (χ2v) is 3.39. The molecule has 74 valence electrons. The summed E-state index contributed by atoms with van der Waals surface area (Å²) in [7, 11) is 0. The van der Waals surface area contributed by atoms with E-state index in [9.17, 15) is 0 Å². The molecule has 0 atom stereocenters. The van der Waals surface area contributed by atoms with Crippen LogP contribution in [-0.4, -0.2) is 45.3 Å². The van der Waals surface area contributed by atoms with Gasteiger partial charge in [0.25, 0.3) is 0 Å². The molecule has 0 aromatic heterocycles. The minimum atomic E-state index is -0.708. The van der Waals surface area contributed by atoms with Gasteiger partial charge in [-0.1, -0.05) is 6.92 Å². The zero-order chi connectivity index (χ0) is 10.2. The van der Waals surface area contributed by atoms with Crippen LogP contribution in [-0.2, 0) is 0 Å². The van der Waals surface area contributed by atoms with Crippen molar-refractivity contribution in [3.05, 3.63) is 0 Å². The highest BCUT2D eigenvalue weighted by atomic mass is 32.1. The number of hydrogen-bond donors (Lipinski definition) is 4. The van der Waals surface area contributed by atoms with E-state index in [4.69, 9.17) is 20.4 Å². The molecule has 0 aliphatic rings. The summed E-state index contributed by atoms with van der Waals surface area (Å²) >= 11 is 4.09. The monoisotopic (exact) mass is 196 g/mol. The van der Waals surface area contributed by atoms with Crippen LogP contribution < -0.4 is 0 Å². The first-order valence-corrected chi connectivity index (χ1v) is 3.85. The Kier molecular flexibility index (Phi) is 8.84. The molecule has 0 radical (unpaired) electrons. The lowest BCUT2D eigenvalue weighted by Gasteiger charge is -2.20. The fraction of sp³-hybridized carbons (Fsp3) is 0.857. The van der Waals surface area contributed by atoms with Crippen molar-refractivity contribution >= 4 is 17.3 Å². The van der Waals surface area contributed by atoms with E-state index in [-0.39, 0.29) is 24.9 Å². The average molecular weight is 196 g/mol. The Balaban J connectivity index is 0. The first-order chi connectivity index (χ1) is 5.41. The Hall–Kier alpha value is -0.230. The van der Waals surface area contributed by atoms with E-state index in [0.717, 1.165) is 0 Å². The van der Waals surface area contributed by atoms with Crippen molar-refractivity contribution in [2.75, 3.05) is 19.8 Å². The third kappa shape index (κ3) is 9.77. The van der Waals surface area contributed by atoms with Crippen molar-refractivity contribution in [3.63, 3.8) is 0 Å². The van der Waals surface area contributed by atoms with Gasteiger partial charge in [-0.2, -0.15) is 0 Å². The van der Waals surface area contributed by atoms with Crippen LogP contribution in [0, 0.1) is 5.41 Å². The quantitative estimate of drug-likeness (QED) is 0.472. The predicted molar refractivity (Wildman–Crippen MR) is 50.3 cm³/mol. The Morgan fingerprint density at radius 2 is 1.33 bits per heavy atom. The summed E-state index contributed by atoms with van der Waals surface area (Å²) in [5, 5.41) is 33.2. The van der Waals surface area contributed by atoms with Gasteiger partial charge in [-0.3, -0.25) is 0 Å². The fourth-order valence-electron chi connectivity index (χ4n) is 0.150. The van der Waals surface area contributed by atoms with Crippen LogP contribution >= 0.6 is 12.2 Å². The van der Waals surface area contributed by atoms with E-state index < -0.39 is 5.41 Å². The standard InChI is InChI=1S/C5H12O3.C2H4OS/c1-5(2-6,3-7)4-8;1-2(3)4/h6-8H,2-4H2,1H3;1H3,(H,3,4). The summed E-state index contributed by atoms with van der Waals surface area (Å²) in [4.78, 5) is 0. The van der Waals surface area contributed by atoms with Gasteiger partial charge >= 0.3 is 0 Å². The molecule has 12 heavy (non-hydrogen) atoms. The smallest absolute Gasteiger partial charge is 0.153 e. The van der Waals surface area contributed by atoms with Crippen molar-refractivity contribution in [1.82, 2.24) is 0 Å². The molecule has 0 saturated carbocycles. The topological polar surface area (TPSA) is 80.9 Å². The number of rotatable bonds is 3. The van der Waals surface area contributed by atoms with Gasteiger partial charge < -0.3 is 20.4 Å². The highest BCUT2D eigenvalue weighted by Gasteiger charge is 2.20. The number of aliphatic hydroxyl groups excluding tert-OH is 4. The van der Waals surface area contributed by atoms with Crippen molar-refractivity contribution in [1.29, 1.82) is 0 Å². The Bertz CT molecular complexity index is 110.